The van der Waals surface area contributed by atoms with Crippen LogP contribution in [0.5, 0.6) is 5.75 Å². The fraction of sp³-hybridized carbons (Fsp3) is 0.400. The van der Waals surface area contributed by atoms with Gasteiger partial charge in [0.05, 0.1) is 32.7 Å². The van der Waals surface area contributed by atoms with Crippen molar-refractivity contribution in [2.75, 3.05) is 19.5 Å². The second kappa shape index (κ2) is 9.90. The Hall–Kier alpha value is -2.28. The summed E-state index contributed by atoms with van der Waals surface area (Å²) in [5.74, 6) is 1.10. The van der Waals surface area contributed by atoms with Crippen LogP contribution in [-0.4, -0.2) is 40.9 Å². The van der Waals surface area contributed by atoms with Gasteiger partial charge in [-0.05, 0) is 49.1 Å². The van der Waals surface area contributed by atoms with Crippen LogP contribution in [0.2, 0.25) is 0 Å². The Bertz CT molecular complexity index is 955. The molecule has 2 atom stereocenters. The van der Waals surface area contributed by atoms with E-state index in [4.69, 9.17) is 14.2 Å². The summed E-state index contributed by atoms with van der Waals surface area (Å²) < 4.78 is 20.2. The summed E-state index contributed by atoms with van der Waals surface area (Å²) in [6.07, 6.45) is 7.28. The van der Waals surface area contributed by atoms with E-state index >= 15 is 0 Å². The van der Waals surface area contributed by atoms with Crippen molar-refractivity contribution in [1.82, 2.24) is 9.55 Å². The first-order valence-electron chi connectivity index (χ1n) is 10.7. The Morgan fingerprint density at radius 1 is 1.16 bits per heavy atom. The van der Waals surface area contributed by atoms with E-state index < -0.39 is 5.79 Å². The van der Waals surface area contributed by atoms with Crippen molar-refractivity contribution >= 4 is 11.8 Å². The molecular formula is C25H30N2O3S. The van der Waals surface area contributed by atoms with Gasteiger partial charge in [0.25, 0.3) is 0 Å². The average Bonchev–Trinajstić information content (AvgIpc) is 3.43. The minimum atomic E-state index is -0.646. The highest BCUT2D eigenvalue weighted by Crippen LogP contribution is 2.34. The number of aryl methyl sites for hydroxylation is 3. The number of benzene rings is 2. The summed E-state index contributed by atoms with van der Waals surface area (Å²) in [4.78, 5) is 5.52. The summed E-state index contributed by atoms with van der Waals surface area (Å²) in [5, 5.41) is 0. The summed E-state index contributed by atoms with van der Waals surface area (Å²) in [6, 6.07) is 14.6. The molecule has 0 spiro atoms. The highest BCUT2D eigenvalue weighted by Gasteiger charge is 2.41. The Kier molecular flexibility index (Phi) is 7.00. The molecule has 6 heteroatoms. The number of nitrogens with zero attached hydrogens (tertiary/aromatic N) is 2. The Morgan fingerprint density at radius 3 is 2.61 bits per heavy atom. The topological polar surface area (TPSA) is 45.5 Å². The Labute approximate surface area is 188 Å². The molecule has 0 radical (unpaired) electrons. The number of methoxy groups -OCH3 is 1. The van der Waals surface area contributed by atoms with Gasteiger partial charge in [-0.25, -0.2) is 4.98 Å². The van der Waals surface area contributed by atoms with E-state index in [1.807, 2.05) is 41.0 Å². The third-order valence-corrected chi connectivity index (χ3v) is 7.14. The van der Waals surface area contributed by atoms with Crippen molar-refractivity contribution in [2.24, 2.45) is 0 Å². The molecule has 5 nitrogen and oxygen atoms in total. The number of rotatable bonds is 9. The molecule has 1 aliphatic rings. The maximum absolute atomic E-state index is 6.57. The third kappa shape index (κ3) is 5.50. The SMILES string of the molecule is COc1ccc(CCC2(Cn3ccnc3)OCC(CSc3c(C)cccc3C)O2)cc1. The standard InChI is InChI=1S/C25H30N2O3S/c1-19-5-4-6-20(2)24(19)31-16-23-15-29-25(30-23,17-27-14-13-26-18-27)12-11-21-7-9-22(28-3)10-8-21/h4-10,13-14,18,23H,11-12,15-17H2,1-3H3. The fourth-order valence-electron chi connectivity index (χ4n) is 3.98. The molecule has 1 aliphatic heterocycles. The van der Waals surface area contributed by atoms with Crippen LogP contribution in [0.1, 0.15) is 23.1 Å². The number of hydrogen-bond acceptors (Lipinski definition) is 5. The van der Waals surface area contributed by atoms with E-state index in [-0.39, 0.29) is 6.10 Å². The Morgan fingerprint density at radius 2 is 1.94 bits per heavy atom. The normalized spacial score (nSPS) is 20.8. The fourth-order valence-corrected chi connectivity index (χ4v) is 5.09. The molecule has 3 aromatic rings. The van der Waals surface area contributed by atoms with Crippen LogP contribution in [0.3, 0.4) is 0 Å². The van der Waals surface area contributed by atoms with Crippen molar-refractivity contribution in [3.05, 3.63) is 77.9 Å². The van der Waals surface area contributed by atoms with E-state index in [0.29, 0.717) is 13.2 Å². The predicted molar refractivity (Wildman–Crippen MR) is 124 cm³/mol. The van der Waals surface area contributed by atoms with Crippen molar-refractivity contribution in [1.29, 1.82) is 0 Å². The van der Waals surface area contributed by atoms with Crippen molar-refractivity contribution in [3.8, 4) is 5.75 Å². The van der Waals surface area contributed by atoms with Gasteiger partial charge in [-0.3, -0.25) is 0 Å². The van der Waals surface area contributed by atoms with Gasteiger partial charge < -0.3 is 18.8 Å². The zero-order valence-corrected chi connectivity index (χ0v) is 19.2. The molecule has 0 N–H and O–H groups in total. The zero-order chi connectivity index (χ0) is 21.7. The van der Waals surface area contributed by atoms with E-state index in [9.17, 15) is 0 Å². The smallest absolute Gasteiger partial charge is 0.187 e. The largest absolute Gasteiger partial charge is 0.497 e. The maximum Gasteiger partial charge on any atom is 0.187 e. The lowest BCUT2D eigenvalue weighted by Crippen LogP contribution is -2.37. The molecule has 1 aromatic heterocycles. The quantitative estimate of drug-likeness (QED) is 0.438. The molecule has 164 valence electrons. The summed E-state index contributed by atoms with van der Waals surface area (Å²) in [7, 11) is 1.69. The average molecular weight is 439 g/mol. The van der Waals surface area contributed by atoms with Gasteiger partial charge in [0.2, 0.25) is 0 Å². The number of thioether (sulfide) groups is 1. The molecule has 31 heavy (non-hydrogen) atoms. The number of imidazole rings is 1. The predicted octanol–water partition coefficient (Wildman–Crippen LogP) is 5.05. The van der Waals surface area contributed by atoms with E-state index in [2.05, 4.69) is 49.2 Å². The summed E-state index contributed by atoms with van der Waals surface area (Å²) in [5.41, 5.74) is 3.87. The molecule has 4 rings (SSSR count). The molecule has 1 fully saturated rings. The molecule has 2 heterocycles. The van der Waals surface area contributed by atoms with E-state index in [1.54, 1.807) is 13.3 Å². The van der Waals surface area contributed by atoms with Crippen LogP contribution in [-0.2, 0) is 22.4 Å². The molecule has 0 saturated carbocycles. The van der Waals surface area contributed by atoms with Gasteiger partial charge in [-0.2, -0.15) is 0 Å². The zero-order valence-electron chi connectivity index (χ0n) is 18.4. The van der Waals surface area contributed by atoms with Gasteiger partial charge in [0.1, 0.15) is 5.75 Å². The highest BCUT2D eigenvalue weighted by atomic mass is 32.2. The van der Waals surface area contributed by atoms with Crippen LogP contribution >= 0.6 is 11.8 Å². The van der Waals surface area contributed by atoms with Crippen LogP contribution in [0.25, 0.3) is 0 Å². The first-order chi connectivity index (χ1) is 15.1. The summed E-state index contributed by atoms with van der Waals surface area (Å²) >= 11 is 1.86. The second-order valence-electron chi connectivity index (χ2n) is 8.08. The third-order valence-electron chi connectivity index (χ3n) is 5.67. The maximum atomic E-state index is 6.57. The lowest BCUT2D eigenvalue weighted by molar-refractivity contribution is -0.180. The van der Waals surface area contributed by atoms with Gasteiger partial charge >= 0.3 is 0 Å². The van der Waals surface area contributed by atoms with Gasteiger partial charge in [0, 0.05) is 29.5 Å². The summed E-state index contributed by atoms with van der Waals surface area (Å²) in [6.45, 7) is 5.57. The van der Waals surface area contributed by atoms with Crippen LogP contribution < -0.4 is 4.74 Å². The van der Waals surface area contributed by atoms with Gasteiger partial charge in [-0.15, -0.1) is 11.8 Å². The molecule has 0 bridgehead atoms. The van der Waals surface area contributed by atoms with Crippen LogP contribution in [0.15, 0.2) is 66.1 Å². The van der Waals surface area contributed by atoms with Crippen molar-refractivity contribution in [2.45, 2.75) is 50.0 Å². The molecule has 1 saturated heterocycles. The molecule has 2 aromatic carbocycles. The van der Waals surface area contributed by atoms with Gasteiger partial charge in [0.15, 0.2) is 5.79 Å². The Balaban J connectivity index is 1.42. The second-order valence-corrected chi connectivity index (χ2v) is 9.11. The van der Waals surface area contributed by atoms with Crippen molar-refractivity contribution < 1.29 is 14.2 Å². The van der Waals surface area contributed by atoms with Crippen molar-refractivity contribution in [3.63, 3.8) is 0 Å². The lowest BCUT2D eigenvalue weighted by Gasteiger charge is -2.29. The first-order valence-corrected chi connectivity index (χ1v) is 11.6. The lowest BCUT2D eigenvalue weighted by atomic mass is 10.0. The highest BCUT2D eigenvalue weighted by molar-refractivity contribution is 7.99. The van der Waals surface area contributed by atoms with Crippen LogP contribution in [0.4, 0.5) is 0 Å². The van der Waals surface area contributed by atoms with Gasteiger partial charge in [-0.1, -0.05) is 30.3 Å². The van der Waals surface area contributed by atoms with E-state index in [1.165, 1.54) is 21.6 Å². The number of aromatic nitrogens is 2. The van der Waals surface area contributed by atoms with E-state index in [0.717, 1.165) is 24.3 Å². The van der Waals surface area contributed by atoms with Crippen LogP contribution in [0, 0.1) is 13.8 Å². The first kappa shape index (κ1) is 21.9. The minimum Gasteiger partial charge on any atom is -0.497 e. The number of hydrogen-bond donors (Lipinski definition) is 0. The molecular weight excluding hydrogens is 408 g/mol. The molecule has 2 unspecified atom stereocenters. The molecule has 0 aliphatic carbocycles. The molecule has 0 amide bonds. The monoisotopic (exact) mass is 438 g/mol. The minimum absolute atomic E-state index is 0.0587. The number of ether oxygens (including phenoxy) is 3.